The molecule has 0 aromatic heterocycles. The van der Waals surface area contributed by atoms with E-state index in [1.54, 1.807) is 0 Å². The molecule has 0 saturated carbocycles. The van der Waals surface area contributed by atoms with Gasteiger partial charge in [-0.15, -0.1) is 12.4 Å². The van der Waals surface area contributed by atoms with Crippen molar-refractivity contribution in [1.82, 2.24) is 10.6 Å². The smallest absolute Gasteiger partial charge is 0.122 e. The Morgan fingerprint density at radius 3 is 3.00 bits per heavy atom. The van der Waals surface area contributed by atoms with E-state index in [1.807, 2.05) is 0 Å². The maximum Gasteiger partial charge on any atom is 0.122 e. The number of fused-ring (bicyclic) bond motifs is 1. The van der Waals surface area contributed by atoms with Crippen LogP contribution in [0.3, 0.4) is 0 Å². The third-order valence-electron chi connectivity index (χ3n) is 3.16. The normalized spacial score (nSPS) is 23.1. The summed E-state index contributed by atoms with van der Waals surface area (Å²) in [7, 11) is 0. The minimum Gasteiger partial charge on any atom is -0.493 e. The van der Waals surface area contributed by atoms with Crippen molar-refractivity contribution in [2.45, 2.75) is 12.5 Å². The molecule has 2 aliphatic heterocycles. The lowest BCUT2D eigenvalue weighted by atomic mass is 10.0. The van der Waals surface area contributed by atoms with E-state index in [9.17, 15) is 0 Å². The summed E-state index contributed by atoms with van der Waals surface area (Å²) < 4.78 is 5.50. The second-order valence-corrected chi connectivity index (χ2v) is 4.18. The van der Waals surface area contributed by atoms with Gasteiger partial charge in [0.2, 0.25) is 0 Å². The first-order valence-electron chi connectivity index (χ1n) is 5.63. The van der Waals surface area contributed by atoms with E-state index < -0.39 is 0 Å². The SMILES string of the molecule is Cl.c1cc2c(cc1[C@H]1CNCCN1)CCO2. The van der Waals surface area contributed by atoms with Crippen LogP contribution in [0.15, 0.2) is 18.2 Å². The Bertz CT molecular complexity index is 364. The number of rotatable bonds is 1. The lowest BCUT2D eigenvalue weighted by molar-refractivity contribution is 0.356. The van der Waals surface area contributed by atoms with Gasteiger partial charge in [0.25, 0.3) is 0 Å². The zero-order valence-corrected chi connectivity index (χ0v) is 9.98. The molecule has 0 amide bonds. The molecule has 88 valence electrons. The van der Waals surface area contributed by atoms with Crippen LogP contribution in [0.25, 0.3) is 0 Å². The number of nitrogens with one attached hydrogen (secondary N) is 2. The molecule has 16 heavy (non-hydrogen) atoms. The minimum absolute atomic E-state index is 0. The highest BCUT2D eigenvalue weighted by Crippen LogP contribution is 2.28. The highest BCUT2D eigenvalue weighted by Gasteiger charge is 2.18. The molecule has 1 aromatic carbocycles. The lowest BCUT2D eigenvalue weighted by Crippen LogP contribution is -2.42. The molecule has 3 rings (SSSR count). The van der Waals surface area contributed by atoms with Gasteiger partial charge >= 0.3 is 0 Å². The average molecular weight is 241 g/mol. The molecule has 4 heteroatoms. The van der Waals surface area contributed by atoms with Gasteiger partial charge < -0.3 is 15.4 Å². The number of hydrogen-bond donors (Lipinski definition) is 2. The molecule has 1 aromatic rings. The van der Waals surface area contributed by atoms with Crippen LogP contribution >= 0.6 is 12.4 Å². The summed E-state index contributed by atoms with van der Waals surface area (Å²) >= 11 is 0. The van der Waals surface area contributed by atoms with Crippen LogP contribution in [0, 0.1) is 0 Å². The fourth-order valence-corrected chi connectivity index (χ4v) is 2.31. The van der Waals surface area contributed by atoms with E-state index >= 15 is 0 Å². The molecule has 2 heterocycles. The van der Waals surface area contributed by atoms with Gasteiger partial charge in [-0.1, -0.05) is 12.1 Å². The summed E-state index contributed by atoms with van der Waals surface area (Å²) in [5, 5.41) is 6.93. The zero-order valence-electron chi connectivity index (χ0n) is 9.16. The van der Waals surface area contributed by atoms with Crippen molar-refractivity contribution < 1.29 is 4.74 Å². The topological polar surface area (TPSA) is 33.3 Å². The Balaban J connectivity index is 0.000000963. The van der Waals surface area contributed by atoms with Crippen LogP contribution in [0.5, 0.6) is 5.75 Å². The van der Waals surface area contributed by atoms with Gasteiger partial charge in [-0.25, -0.2) is 0 Å². The quantitative estimate of drug-likeness (QED) is 0.776. The van der Waals surface area contributed by atoms with Crippen LogP contribution in [0.1, 0.15) is 17.2 Å². The Morgan fingerprint density at radius 2 is 2.19 bits per heavy atom. The second-order valence-electron chi connectivity index (χ2n) is 4.18. The van der Waals surface area contributed by atoms with E-state index in [2.05, 4.69) is 28.8 Å². The Hall–Kier alpha value is -0.770. The van der Waals surface area contributed by atoms with Crippen molar-refractivity contribution in [3.05, 3.63) is 29.3 Å². The standard InChI is InChI=1S/C12H16N2O.ClH/c1-2-12-10(3-6-15-12)7-9(1)11-8-13-4-5-14-11;/h1-2,7,11,13-14H,3-6,8H2;1H/t11-;/m1./s1. The van der Waals surface area contributed by atoms with Crippen LogP contribution < -0.4 is 15.4 Å². The van der Waals surface area contributed by atoms with Gasteiger partial charge in [0.05, 0.1) is 6.61 Å². The van der Waals surface area contributed by atoms with Crippen LogP contribution in [0.4, 0.5) is 0 Å². The molecule has 0 spiro atoms. The molecule has 1 saturated heterocycles. The summed E-state index contributed by atoms with van der Waals surface area (Å²) in [4.78, 5) is 0. The molecule has 0 unspecified atom stereocenters. The molecule has 2 aliphatic rings. The van der Waals surface area contributed by atoms with Crippen LogP contribution in [-0.4, -0.2) is 26.2 Å². The van der Waals surface area contributed by atoms with Gasteiger partial charge in [0, 0.05) is 32.1 Å². The summed E-state index contributed by atoms with van der Waals surface area (Å²) in [6, 6.07) is 7.03. The summed E-state index contributed by atoms with van der Waals surface area (Å²) in [5.74, 6) is 1.07. The van der Waals surface area contributed by atoms with E-state index in [1.165, 1.54) is 11.1 Å². The molecule has 1 atom stereocenters. The maximum absolute atomic E-state index is 5.50. The van der Waals surface area contributed by atoms with E-state index in [-0.39, 0.29) is 12.4 Å². The fraction of sp³-hybridized carbons (Fsp3) is 0.500. The average Bonchev–Trinajstić information content (AvgIpc) is 2.77. The summed E-state index contributed by atoms with van der Waals surface area (Å²) in [6.07, 6.45) is 1.06. The maximum atomic E-state index is 5.50. The molecular weight excluding hydrogens is 224 g/mol. The largest absolute Gasteiger partial charge is 0.493 e. The van der Waals surface area contributed by atoms with Gasteiger partial charge in [-0.05, 0) is 17.2 Å². The molecule has 0 bridgehead atoms. The van der Waals surface area contributed by atoms with Crippen molar-refractivity contribution in [2.75, 3.05) is 26.2 Å². The van der Waals surface area contributed by atoms with Gasteiger partial charge in [-0.3, -0.25) is 0 Å². The third-order valence-corrected chi connectivity index (χ3v) is 3.16. The number of halogens is 1. The molecule has 1 fully saturated rings. The van der Waals surface area contributed by atoms with E-state index in [4.69, 9.17) is 4.74 Å². The van der Waals surface area contributed by atoms with E-state index in [0.717, 1.165) is 38.4 Å². The van der Waals surface area contributed by atoms with Crippen molar-refractivity contribution in [1.29, 1.82) is 0 Å². The highest BCUT2D eigenvalue weighted by atomic mass is 35.5. The Labute approximate surface area is 102 Å². The Kier molecular flexibility index (Phi) is 3.69. The predicted molar refractivity (Wildman–Crippen MR) is 66.5 cm³/mol. The van der Waals surface area contributed by atoms with Crippen molar-refractivity contribution in [2.24, 2.45) is 0 Å². The molecule has 0 radical (unpaired) electrons. The highest BCUT2D eigenvalue weighted by molar-refractivity contribution is 5.85. The number of hydrogen-bond acceptors (Lipinski definition) is 3. The minimum atomic E-state index is 0. The molecular formula is C12H17ClN2O. The number of piperazine rings is 1. The van der Waals surface area contributed by atoms with Crippen molar-refractivity contribution in [3.8, 4) is 5.75 Å². The van der Waals surface area contributed by atoms with E-state index in [0.29, 0.717) is 6.04 Å². The van der Waals surface area contributed by atoms with Crippen LogP contribution in [0.2, 0.25) is 0 Å². The number of ether oxygens (including phenoxy) is 1. The summed E-state index contributed by atoms with van der Waals surface area (Å²) in [5.41, 5.74) is 2.74. The van der Waals surface area contributed by atoms with Gasteiger partial charge in [0.1, 0.15) is 5.75 Å². The monoisotopic (exact) mass is 240 g/mol. The van der Waals surface area contributed by atoms with Crippen molar-refractivity contribution in [3.63, 3.8) is 0 Å². The summed E-state index contributed by atoms with van der Waals surface area (Å²) in [6.45, 7) is 4.00. The zero-order chi connectivity index (χ0) is 10.1. The van der Waals surface area contributed by atoms with Gasteiger partial charge in [0.15, 0.2) is 0 Å². The third kappa shape index (κ3) is 2.17. The first kappa shape index (κ1) is 11.7. The second kappa shape index (κ2) is 5.04. The van der Waals surface area contributed by atoms with Gasteiger partial charge in [-0.2, -0.15) is 0 Å². The predicted octanol–water partition coefficient (Wildman–Crippen LogP) is 1.28. The Morgan fingerprint density at radius 1 is 1.25 bits per heavy atom. The first-order valence-corrected chi connectivity index (χ1v) is 5.63. The molecule has 2 N–H and O–H groups in total. The molecule has 0 aliphatic carbocycles. The molecule has 3 nitrogen and oxygen atoms in total. The van der Waals surface area contributed by atoms with Crippen LogP contribution in [-0.2, 0) is 6.42 Å². The number of benzene rings is 1. The fourth-order valence-electron chi connectivity index (χ4n) is 2.31. The van der Waals surface area contributed by atoms with Crippen molar-refractivity contribution >= 4 is 12.4 Å². The first-order chi connectivity index (χ1) is 7.43. The lowest BCUT2D eigenvalue weighted by Gasteiger charge is -2.25.